The molecular formula is C17H14ClF3N2O4. The summed E-state index contributed by atoms with van der Waals surface area (Å²) in [7, 11) is 0. The molecule has 27 heavy (non-hydrogen) atoms. The highest BCUT2D eigenvalue weighted by Gasteiger charge is 2.34. The summed E-state index contributed by atoms with van der Waals surface area (Å²) in [5, 5.41) is 4.38. The van der Waals surface area contributed by atoms with Crippen LogP contribution in [-0.2, 0) is 10.9 Å². The second kappa shape index (κ2) is 8.63. The number of amides is 2. The fraction of sp³-hybridized carbons (Fsp3) is 0.176. The number of carbonyl (C=O) groups excluding carboxylic acids is 2. The van der Waals surface area contributed by atoms with Crippen molar-refractivity contribution in [3.05, 3.63) is 53.1 Å². The molecular weight excluding hydrogens is 389 g/mol. The molecule has 0 radical (unpaired) electrons. The van der Waals surface area contributed by atoms with Gasteiger partial charge in [0.15, 0.2) is 0 Å². The van der Waals surface area contributed by atoms with Crippen LogP contribution in [0.3, 0.4) is 0 Å². The smallest absolute Gasteiger partial charge is 0.434 e. The van der Waals surface area contributed by atoms with Crippen molar-refractivity contribution >= 4 is 35.2 Å². The number of hydrogen-bond donors (Lipinski definition) is 2. The van der Waals surface area contributed by atoms with E-state index in [1.54, 1.807) is 6.92 Å². The van der Waals surface area contributed by atoms with Crippen LogP contribution in [0.4, 0.5) is 34.1 Å². The molecule has 2 rings (SSSR count). The first-order chi connectivity index (χ1) is 12.7. The maximum atomic E-state index is 13.0. The van der Waals surface area contributed by atoms with Gasteiger partial charge in [-0.3, -0.25) is 0 Å². The van der Waals surface area contributed by atoms with Crippen LogP contribution in [0, 0.1) is 0 Å². The van der Waals surface area contributed by atoms with Gasteiger partial charge in [0, 0.05) is 10.7 Å². The zero-order valence-corrected chi connectivity index (χ0v) is 14.6. The summed E-state index contributed by atoms with van der Waals surface area (Å²) in [4.78, 5) is 23.2. The minimum atomic E-state index is -4.68. The normalized spacial score (nSPS) is 10.9. The van der Waals surface area contributed by atoms with Gasteiger partial charge in [-0.1, -0.05) is 11.6 Å². The van der Waals surface area contributed by atoms with Crippen LogP contribution >= 0.6 is 11.6 Å². The fourth-order valence-electron chi connectivity index (χ4n) is 1.99. The van der Waals surface area contributed by atoms with Gasteiger partial charge >= 0.3 is 18.4 Å². The van der Waals surface area contributed by atoms with Crippen molar-refractivity contribution in [3.8, 4) is 5.75 Å². The summed E-state index contributed by atoms with van der Waals surface area (Å²) in [6.45, 7) is 1.78. The van der Waals surface area contributed by atoms with Crippen LogP contribution in [0.15, 0.2) is 42.5 Å². The van der Waals surface area contributed by atoms with Gasteiger partial charge in [0.25, 0.3) is 0 Å². The van der Waals surface area contributed by atoms with E-state index < -0.39 is 29.6 Å². The van der Waals surface area contributed by atoms with Crippen molar-refractivity contribution < 1.29 is 32.2 Å². The molecule has 0 fully saturated rings. The Morgan fingerprint density at radius 1 is 1.07 bits per heavy atom. The number of anilines is 2. The second-order valence-electron chi connectivity index (χ2n) is 5.08. The molecule has 0 aliphatic rings. The number of carbonyl (C=O) groups is 2. The van der Waals surface area contributed by atoms with Crippen molar-refractivity contribution in [2.24, 2.45) is 0 Å². The Morgan fingerprint density at radius 3 is 2.33 bits per heavy atom. The molecule has 144 valence electrons. The van der Waals surface area contributed by atoms with Crippen molar-refractivity contribution in [1.82, 2.24) is 0 Å². The Bertz CT molecular complexity index is 826. The average Bonchev–Trinajstić information content (AvgIpc) is 2.57. The van der Waals surface area contributed by atoms with Crippen LogP contribution in [0.25, 0.3) is 0 Å². The lowest BCUT2D eigenvalue weighted by Gasteiger charge is -2.14. The van der Waals surface area contributed by atoms with E-state index in [2.05, 4.69) is 15.4 Å². The first-order valence-corrected chi connectivity index (χ1v) is 7.96. The Kier molecular flexibility index (Phi) is 6.51. The molecule has 0 heterocycles. The zero-order chi connectivity index (χ0) is 20.0. The molecule has 2 aromatic carbocycles. The molecule has 0 saturated carbocycles. The quantitative estimate of drug-likeness (QED) is 0.520. The van der Waals surface area contributed by atoms with Crippen molar-refractivity contribution in [3.63, 3.8) is 0 Å². The van der Waals surface area contributed by atoms with Crippen LogP contribution in [-0.4, -0.2) is 18.8 Å². The fourth-order valence-corrected chi connectivity index (χ4v) is 2.17. The highest BCUT2D eigenvalue weighted by Crippen LogP contribution is 2.36. The van der Waals surface area contributed by atoms with Gasteiger partial charge in [0.1, 0.15) is 5.75 Å². The van der Waals surface area contributed by atoms with Gasteiger partial charge in [-0.15, -0.1) is 0 Å². The van der Waals surface area contributed by atoms with Crippen molar-refractivity contribution in [2.75, 3.05) is 17.2 Å². The first-order valence-electron chi connectivity index (χ1n) is 7.58. The second-order valence-corrected chi connectivity index (χ2v) is 5.51. The summed E-state index contributed by atoms with van der Waals surface area (Å²) in [6.07, 6.45) is -5.56. The lowest BCUT2D eigenvalue weighted by atomic mass is 10.1. The predicted octanol–water partition coefficient (Wildman–Crippen LogP) is 5.54. The van der Waals surface area contributed by atoms with Crippen LogP contribution in [0.2, 0.25) is 5.02 Å². The summed E-state index contributed by atoms with van der Waals surface area (Å²) in [5.74, 6) is 0.177. The third-order valence-corrected chi connectivity index (χ3v) is 3.35. The molecule has 6 nitrogen and oxygen atoms in total. The van der Waals surface area contributed by atoms with Crippen molar-refractivity contribution in [1.29, 1.82) is 0 Å². The molecule has 0 atom stereocenters. The van der Waals surface area contributed by atoms with Gasteiger partial charge in [-0.2, -0.15) is 13.2 Å². The van der Waals surface area contributed by atoms with Crippen LogP contribution in [0.5, 0.6) is 5.75 Å². The molecule has 0 bridgehead atoms. The van der Waals surface area contributed by atoms with E-state index in [0.29, 0.717) is 0 Å². The van der Waals surface area contributed by atoms with Crippen LogP contribution in [0.1, 0.15) is 12.5 Å². The van der Waals surface area contributed by atoms with Gasteiger partial charge in [-0.05, 0) is 49.4 Å². The van der Waals surface area contributed by atoms with Crippen molar-refractivity contribution in [2.45, 2.75) is 13.1 Å². The topological polar surface area (TPSA) is 76.7 Å². The summed E-state index contributed by atoms with van der Waals surface area (Å²) < 4.78 is 48.5. The van der Waals surface area contributed by atoms with E-state index >= 15 is 0 Å². The molecule has 0 spiro atoms. The first kappa shape index (κ1) is 20.4. The average molecular weight is 403 g/mol. The molecule has 0 unspecified atom stereocenters. The predicted molar refractivity (Wildman–Crippen MR) is 93.2 cm³/mol. The molecule has 0 saturated heterocycles. The Morgan fingerprint density at radius 2 is 1.74 bits per heavy atom. The SMILES string of the molecule is CCOC(=O)Oc1ccc(NC(=O)Nc2ccc(Cl)cc2C(F)(F)F)cc1. The molecule has 2 amide bonds. The minimum Gasteiger partial charge on any atom is -0.434 e. The maximum absolute atomic E-state index is 13.0. The van der Waals surface area contributed by atoms with E-state index in [4.69, 9.17) is 16.3 Å². The number of hydrogen-bond acceptors (Lipinski definition) is 4. The molecule has 2 N–H and O–H groups in total. The Labute approximate surface area is 157 Å². The molecule has 10 heteroatoms. The van der Waals surface area contributed by atoms with Gasteiger partial charge < -0.3 is 20.1 Å². The largest absolute Gasteiger partial charge is 0.513 e. The summed E-state index contributed by atoms with van der Waals surface area (Å²) >= 11 is 5.59. The maximum Gasteiger partial charge on any atom is 0.513 e. The van der Waals surface area contributed by atoms with E-state index in [1.807, 2.05) is 0 Å². The molecule has 2 aromatic rings. The number of rotatable bonds is 4. The number of urea groups is 1. The number of alkyl halides is 3. The van der Waals surface area contributed by atoms with E-state index in [-0.39, 0.29) is 23.1 Å². The third-order valence-electron chi connectivity index (χ3n) is 3.11. The minimum absolute atomic E-state index is 0.106. The van der Waals surface area contributed by atoms with Gasteiger partial charge in [0.05, 0.1) is 17.9 Å². The lowest BCUT2D eigenvalue weighted by Crippen LogP contribution is -2.21. The van der Waals surface area contributed by atoms with Gasteiger partial charge in [0.2, 0.25) is 0 Å². The number of halogens is 4. The highest BCUT2D eigenvalue weighted by atomic mass is 35.5. The summed E-state index contributed by atoms with van der Waals surface area (Å²) in [6, 6.07) is 7.70. The Balaban J connectivity index is 2.03. The van der Waals surface area contributed by atoms with Gasteiger partial charge in [-0.25, -0.2) is 9.59 Å². The lowest BCUT2D eigenvalue weighted by molar-refractivity contribution is -0.136. The number of nitrogens with one attached hydrogen (secondary N) is 2. The highest BCUT2D eigenvalue weighted by molar-refractivity contribution is 6.30. The monoisotopic (exact) mass is 402 g/mol. The van der Waals surface area contributed by atoms with E-state index in [9.17, 15) is 22.8 Å². The molecule has 0 aromatic heterocycles. The molecule has 0 aliphatic heterocycles. The third kappa shape index (κ3) is 6.07. The van der Waals surface area contributed by atoms with E-state index in [0.717, 1.165) is 12.1 Å². The van der Waals surface area contributed by atoms with Crippen LogP contribution < -0.4 is 15.4 Å². The number of ether oxygens (including phenoxy) is 2. The standard InChI is InChI=1S/C17H14ClF3N2O4/c1-2-26-16(25)27-12-6-4-11(5-7-12)22-15(24)23-14-8-3-10(18)9-13(14)17(19,20)21/h3-9H,2H2,1H3,(H2,22,23,24). The Hall–Kier alpha value is -2.94. The number of benzene rings is 2. The zero-order valence-electron chi connectivity index (χ0n) is 13.9. The van der Waals surface area contributed by atoms with E-state index in [1.165, 1.54) is 30.3 Å². The summed E-state index contributed by atoms with van der Waals surface area (Å²) in [5.41, 5.74) is -1.23. The molecule has 0 aliphatic carbocycles.